The summed E-state index contributed by atoms with van der Waals surface area (Å²) in [5.41, 5.74) is -0.398. The van der Waals surface area contributed by atoms with Crippen LogP contribution in [0.3, 0.4) is 0 Å². The Kier molecular flexibility index (Phi) is 8.78. The first-order valence-electron chi connectivity index (χ1n) is 16.7. The number of carbonyl (C=O) groups excluding carboxylic acids is 2. The van der Waals surface area contributed by atoms with Crippen LogP contribution < -0.4 is 5.56 Å². The Balaban J connectivity index is 1.28. The van der Waals surface area contributed by atoms with Crippen molar-refractivity contribution in [1.82, 2.24) is 19.3 Å². The van der Waals surface area contributed by atoms with E-state index in [0.717, 1.165) is 37.7 Å². The first-order valence-corrected chi connectivity index (χ1v) is 16.7. The zero-order valence-electron chi connectivity index (χ0n) is 26.3. The summed E-state index contributed by atoms with van der Waals surface area (Å²) in [6, 6.07) is 10.8. The molecule has 0 bridgehead atoms. The first-order chi connectivity index (χ1) is 21.6. The number of hydrogen-bond acceptors (Lipinski definition) is 5. The SMILES string of the molecule is CC(CC1CCC1)C(=O)N1CC[C@@](O)(Cn2cc(C(=O)N3CCN(C(=O)O)CC3)c(-c3ccccc3)cc2=O)C2(CCCC2)C1. The zero-order valence-corrected chi connectivity index (χ0v) is 26.3. The smallest absolute Gasteiger partial charge is 0.407 e. The van der Waals surface area contributed by atoms with Gasteiger partial charge in [0.15, 0.2) is 0 Å². The number of aliphatic hydroxyl groups is 1. The summed E-state index contributed by atoms with van der Waals surface area (Å²) in [5.74, 6) is 0.528. The van der Waals surface area contributed by atoms with E-state index in [1.807, 2.05) is 42.2 Å². The molecule has 4 aliphatic rings. The van der Waals surface area contributed by atoms with E-state index < -0.39 is 17.1 Å². The fraction of sp³-hybridized carbons (Fsp3) is 0.600. The van der Waals surface area contributed by atoms with Crippen LogP contribution in [0.25, 0.3) is 11.1 Å². The Bertz CT molecular complexity index is 1470. The molecule has 242 valence electrons. The lowest BCUT2D eigenvalue weighted by molar-refractivity contribution is -0.163. The molecule has 2 saturated heterocycles. The highest BCUT2D eigenvalue weighted by molar-refractivity contribution is 6.00. The summed E-state index contributed by atoms with van der Waals surface area (Å²) in [7, 11) is 0. The Morgan fingerprint density at radius 1 is 0.911 bits per heavy atom. The molecule has 2 N–H and O–H groups in total. The highest BCUT2D eigenvalue weighted by Crippen LogP contribution is 2.52. The van der Waals surface area contributed by atoms with Crippen LogP contribution in [0.1, 0.15) is 75.1 Å². The van der Waals surface area contributed by atoms with Crippen LogP contribution in [-0.4, -0.2) is 92.3 Å². The van der Waals surface area contributed by atoms with Crippen LogP contribution in [0.5, 0.6) is 0 Å². The summed E-state index contributed by atoms with van der Waals surface area (Å²) in [6.07, 6.45) is 9.09. The average molecular weight is 619 g/mol. The van der Waals surface area contributed by atoms with Crippen molar-refractivity contribution in [3.05, 3.63) is 58.5 Å². The molecule has 2 aromatic rings. The number of likely N-dealkylation sites (tertiary alicyclic amines) is 1. The number of amides is 3. The molecule has 3 heterocycles. The molecule has 1 unspecified atom stereocenters. The number of aromatic nitrogens is 1. The Morgan fingerprint density at radius 2 is 1.58 bits per heavy atom. The maximum absolute atomic E-state index is 14.0. The molecule has 1 spiro atoms. The monoisotopic (exact) mass is 618 g/mol. The van der Waals surface area contributed by atoms with E-state index in [2.05, 4.69) is 0 Å². The van der Waals surface area contributed by atoms with Crippen molar-refractivity contribution >= 4 is 17.9 Å². The van der Waals surface area contributed by atoms with Gasteiger partial charge in [-0.25, -0.2) is 4.79 Å². The van der Waals surface area contributed by atoms with E-state index in [4.69, 9.17) is 0 Å². The Morgan fingerprint density at radius 3 is 2.20 bits per heavy atom. The number of piperazine rings is 1. The van der Waals surface area contributed by atoms with Crippen molar-refractivity contribution in [2.45, 2.75) is 76.9 Å². The van der Waals surface area contributed by atoms with E-state index in [-0.39, 0.29) is 56.0 Å². The van der Waals surface area contributed by atoms with Gasteiger partial charge in [-0.1, -0.05) is 69.4 Å². The van der Waals surface area contributed by atoms with Gasteiger partial charge in [0.2, 0.25) is 5.91 Å². The van der Waals surface area contributed by atoms with Crippen LogP contribution in [0.15, 0.2) is 47.4 Å². The Labute approximate surface area is 264 Å². The van der Waals surface area contributed by atoms with Gasteiger partial charge < -0.3 is 29.5 Å². The Hall–Kier alpha value is -3.66. The van der Waals surface area contributed by atoms with E-state index in [9.17, 15) is 29.4 Å². The van der Waals surface area contributed by atoms with Crippen molar-refractivity contribution in [1.29, 1.82) is 0 Å². The van der Waals surface area contributed by atoms with Crippen LogP contribution in [-0.2, 0) is 11.3 Å². The number of pyridine rings is 1. The molecule has 2 aliphatic heterocycles. The standard InChI is InChI=1S/C35H46N4O6/c1-25(20-26-8-7-9-26)31(41)38-15-14-35(45,34(23-38)12-5-6-13-34)24-39-22-29(28(21-30(39)40)27-10-3-2-4-11-27)32(42)36-16-18-37(19-17-36)33(43)44/h2-4,10-11,21-22,25-26,45H,5-9,12-20,23-24H2,1H3,(H,43,44)/t25?,35-/m1/s1. The van der Waals surface area contributed by atoms with Crippen molar-refractivity contribution < 1.29 is 24.6 Å². The maximum atomic E-state index is 14.0. The zero-order chi connectivity index (χ0) is 31.8. The second kappa shape index (κ2) is 12.6. The van der Waals surface area contributed by atoms with Gasteiger partial charge in [-0.3, -0.25) is 14.4 Å². The largest absolute Gasteiger partial charge is 0.465 e. The number of carbonyl (C=O) groups is 3. The van der Waals surface area contributed by atoms with Gasteiger partial charge in [0, 0.05) is 68.4 Å². The third-order valence-electron chi connectivity index (χ3n) is 11.2. The lowest BCUT2D eigenvalue weighted by atomic mass is 9.65. The van der Waals surface area contributed by atoms with Crippen LogP contribution in [0.2, 0.25) is 0 Å². The quantitative estimate of drug-likeness (QED) is 0.477. The van der Waals surface area contributed by atoms with Gasteiger partial charge in [0.1, 0.15) is 0 Å². The molecule has 10 nitrogen and oxygen atoms in total. The number of hydrogen-bond donors (Lipinski definition) is 2. The first kappa shape index (κ1) is 31.3. The normalized spacial score (nSPS) is 24.0. The third kappa shape index (κ3) is 6.13. The average Bonchev–Trinajstić information content (AvgIpc) is 3.51. The molecule has 45 heavy (non-hydrogen) atoms. The number of piperidine rings is 1. The fourth-order valence-electron chi connectivity index (χ4n) is 8.20. The second-order valence-corrected chi connectivity index (χ2v) is 14.0. The van der Waals surface area contributed by atoms with Crippen LogP contribution in [0.4, 0.5) is 4.79 Å². The molecule has 3 amide bonds. The van der Waals surface area contributed by atoms with Crippen LogP contribution >= 0.6 is 0 Å². The van der Waals surface area contributed by atoms with Gasteiger partial charge in [-0.15, -0.1) is 0 Å². The second-order valence-electron chi connectivity index (χ2n) is 14.0. The third-order valence-corrected chi connectivity index (χ3v) is 11.2. The molecule has 1 aromatic carbocycles. The predicted octanol–water partition coefficient (Wildman–Crippen LogP) is 4.30. The van der Waals surface area contributed by atoms with Gasteiger partial charge in [-0.2, -0.15) is 0 Å². The summed E-state index contributed by atoms with van der Waals surface area (Å²) in [4.78, 5) is 57.6. The number of benzene rings is 1. The lowest BCUT2D eigenvalue weighted by Crippen LogP contribution is -2.62. The molecule has 2 aliphatic carbocycles. The van der Waals surface area contributed by atoms with E-state index >= 15 is 0 Å². The van der Waals surface area contributed by atoms with E-state index in [0.29, 0.717) is 36.6 Å². The highest BCUT2D eigenvalue weighted by Gasteiger charge is 2.56. The van der Waals surface area contributed by atoms with Crippen LogP contribution in [0, 0.1) is 17.3 Å². The molecule has 2 saturated carbocycles. The maximum Gasteiger partial charge on any atom is 0.407 e. The molecular weight excluding hydrogens is 572 g/mol. The minimum Gasteiger partial charge on any atom is -0.465 e. The predicted molar refractivity (Wildman–Crippen MR) is 170 cm³/mol. The minimum atomic E-state index is -1.21. The van der Waals surface area contributed by atoms with Crippen molar-refractivity contribution in [3.8, 4) is 11.1 Å². The number of nitrogens with zero attached hydrogens (tertiary/aromatic N) is 4. The minimum absolute atomic E-state index is 0.0287. The van der Waals surface area contributed by atoms with Gasteiger partial charge >= 0.3 is 6.09 Å². The molecule has 2 atom stereocenters. The molecule has 0 radical (unpaired) electrons. The summed E-state index contributed by atoms with van der Waals surface area (Å²) < 4.78 is 1.49. The molecule has 10 heteroatoms. The summed E-state index contributed by atoms with van der Waals surface area (Å²) in [5, 5.41) is 21.8. The van der Waals surface area contributed by atoms with Crippen molar-refractivity contribution in [3.63, 3.8) is 0 Å². The van der Waals surface area contributed by atoms with Gasteiger partial charge in [0.25, 0.3) is 11.5 Å². The summed E-state index contributed by atoms with van der Waals surface area (Å²) in [6.45, 7) is 3.99. The highest BCUT2D eigenvalue weighted by atomic mass is 16.4. The van der Waals surface area contributed by atoms with Crippen molar-refractivity contribution in [2.24, 2.45) is 17.3 Å². The molecule has 6 rings (SSSR count). The lowest BCUT2D eigenvalue weighted by Gasteiger charge is -2.53. The molecule has 4 fully saturated rings. The topological polar surface area (TPSA) is 123 Å². The van der Waals surface area contributed by atoms with Crippen molar-refractivity contribution in [2.75, 3.05) is 39.3 Å². The van der Waals surface area contributed by atoms with E-state index in [1.54, 1.807) is 11.1 Å². The number of carboxylic acid groups (broad SMARTS) is 1. The van der Waals surface area contributed by atoms with Gasteiger partial charge in [-0.05, 0) is 37.2 Å². The molecular formula is C35H46N4O6. The molecule has 1 aromatic heterocycles. The van der Waals surface area contributed by atoms with E-state index in [1.165, 1.54) is 34.8 Å². The number of rotatable bonds is 7. The summed E-state index contributed by atoms with van der Waals surface area (Å²) >= 11 is 0. The fourth-order valence-corrected chi connectivity index (χ4v) is 8.20. The van der Waals surface area contributed by atoms with Gasteiger partial charge in [0.05, 0.1) is 17.7 Å².